The molecule has 1 heterocycles. The summed E-state index contributed by atoms with van der Waals surface area (Å²) in [5, 5.41) is 0. The zero-order valence-corrected chi connectivity index (χ0v) is 35.4. The second-order valence-electron chi connectivity index (χ2n) is 16.6. The summed E-state index contributed by atoms with van der Waals surface area (Å²) in [6.07, 6.45) is -30.0. The fourth-order valence-electron chi connectivity index (χ4n) is 9.56. The summed E-state index contributed by atoms with van der Waals surface area (Å²) in [4.78, 5) is 0. The van der Waals surface area contributed by atoms with Crippen molar-refractivity contribution in [1.82, 2.24) is 0 Å². The fourth-order valence-corrected chi connectivity index (χ4v) is 9.56. The highest BCUT2D eigenvalue weighted by Crippen LogP contribution is 2.34. The minimum Gasteiger partial charge on any atom is -0.472 e. The first kappa shape index (κ1) is 61.5. The molecule has 1 aliphatic heterocycles. The number of ether oxygens (including phenoxy) is 2. The molecule has 55 radical (unpaired) electrons. The minimum atomic E-state index is -1.45. The third-order valence-corrected chi connectivity index (χ3v) is 12.2. The number of allylic oxidation sites excluding steroid dienone is 2. The van der Waals surface area contributed by atoms with E-state index in [4.69, 9.17) is 218 Å². The topological polar surface area (TPSA) is 18.5 Å². The molecule has 55 heteroatoms. The van der Waals surface area contributed by atoms with Gasteiger partial charge < -0.3 is 9.47 Å². The fraction of sp³-hybridized carbons (Fsp3) is 0.333. The van der Waals surface area contributed by atoms with Gasteiger partial charge in [0.15, 0.2) is 0 Å². The smallest absolute Gasteiger partial charge is 0.137 e. The Morgan fingerprint density at radius 1 is 0.279 bits per heavy atom. The lowest BCUT2D eigenvalue weighted by Gasteiger charge is -2.51. The molecule has 0 bridgehead atoms. The molecule has 0 spiro atoms. The minimum absolute atomic E-state index is 0.149. The zero-order valence-electron chi connectivity index (χ0n) is 35.4. The van der Waals surface area contributed by atoms with E-state index in [1.165, 1.54) is 7.06 Å². The van der Waals surface area contributed by atoms with Crippen LogP contribution in [0.25, 0.3) is 0 Å². The highest BCUT2D eigenvalue weighted by Gasteiger charge is 2.59. The van der Waals surface area contributed by atoms with Crippen molar-refractivity contribution in [1.29, 1.82) is 0 Å². The lowest BCUT2D eigenvalue weighted by atomic mass is 8.35. The predicted molar refractivity (Wildman–Crippen MR) is 333 cm³/mol. The Balaban J connectivity index is 5.36. The van der Waals surface area contributed by atoms with Crippen LogP contribution in [0.3, 0.4) is 0 Å². The van der Waals surface area contributed by atoms with Crippen LogP contribution in [-0.2, 0) is 9.47 Å². The van der Waals surface area contributed by atoms with Gasteiger partial charge in [-0.15, -0.1) is 0 Å². The normalized spacial score (nSPS) is 11.4. The molecule has 0 amide bonds. The van der Waals surface area contributed by atoms with E-state index in [1.54, 1.807) is 13.8 Å². The van der Waals surface area contributed by atoms with Gasteiger partial charge in [-0.25, -0.2) is 0 Å². The van der Waals surface area contributed by atoms with Gasteiger partial charge in [0, 0.05) is 363 Å². The average Bonchev–Trinajstić information content (AvgIpc) is 3.07. The van der Waals surface area contributed by atoms with Crippen LogP contribution in [0.15, 0.2) is 22.8 Å². The number of hydrogen-bond donors (Lipinski definition) is 0. The summed E-state index contributed by atoms with van der Waals surface area (Å²) in [6, 6.07) is 0. The maximum Gasteiger partial charge on any atom is 0.137 e. The average molecular weight is 683 g/mol. The van der Waals surface area contributed by atoms with Crippen LogP contribution in [0.5, 0.6) is 0 Å². The Bertz CT molecular complexity index is 1250. The standard InChI is InChI=1S/C6H6B53O2/c1-3-4(2)61-6(36(52(39(12)13)55(40(14)15)41(16)17)54(58(46(26)27)47(28)29)59(48(30)31)49(32)33)5(60-3)35(51(38(10)11)50(34-7)37(8)9)53(56(42(18)19)43(20)21)57(44(22)23)45(24)25/h1-2H3. The highest BCUT2D eigenvalue weighted by molar-refractivity contribution is 8.24. The van der Waals surface area contributed by atoms with Crippen LogP contribution >= 0.6 is 0 Å². The van der Waals surface area contributed by atoms with Gasteiger partial charge in [0.2, 0.25) is 0 Å². The van der Waals surface area contributed by atoms with Crippen molar-refractivity contribution in [2.75, 3.05) is 0 Å². The van der Waals surface area contributed by atoms with Crippen LogP contribution in [0.4, 0.5) is 0 Å². The maximum absolute atomic E-state index is 6.85. The van der Waals surface area contributed by atoms with Gasteiger partial charge in [-0.3, -0.25) is 0 Å². The third kappa shape index (κ3) is 15.8. The SMILES string of the molecule is [B][B]B(B([B])[B])B(B([B])[B])B(B(B(B([B])[B])B([B])[B])B(B([B])[B])B([B])[B])C1=C(B(B(B([B])[B])B(B([B])[B])B([B])[B])B(B(B([B])[B])B([B])[B])B(B([B])[B])B([B])[B])OC(C)=C(C)O1. The Labute approximate surface area is 418 Å². The molecular formula is C6H6B53O2. The monoisotopic (exact) mass is 694 g/mol. The van der Waals surface area contributed by atoms with Crippen molar-refractivity contribution in [3.8, 4) is 0 Å². The summed E-state index contributed by atoms with van der Waals surface area (Å²) in [6.45, 7) is 0.316. The molecule has 0 unspecified atom stereocenters. The molecule has 0 saturated heterocycles. The van der Waals surface area contributed by atoms with Crippen molar-refractivity contribution in [2.24, 2.45) is 0 Å². The van der Waals surface area contributed by atoms with Gasteiger partial charge >= 0.3 is 0 Å². The van der Waals surface area contributed by atoms with E-state index >= 15 is 0 Å². The van der Waals surface area contributed by atoms with Crippen molar-refractivity contribution in [3.05, 3.63) is 22.8 Å². The maximum atomic E-state index is 6.85. The van der Waals surface area contributed by atoms with Crippen LogP contribution in [0.2, 0.25) is 0 Å². The lowest BCUT2D eigenvalue weighted by molar-refractivity contribution is 0.208. The highest BCUT2D eigenvalue weighted by atomic mass is 16.6. The van der Waals surface area contributed by atoms with Crippen LogP contribution in [0.1, 0.15) is 13.8 Å². The zero-order chi connectivity index (χ0) is 47.9. The largest absolute Gasteiger partial charge is 0.472 e. The molecule has 0 atom stereocenters. The Morgan fingerprint density at radius 3 is 0.656 bits per heavy atom. The molecule has 0 aromatic rings. The summed E-state index contributed by atoms with van der Waals surface area (Å²) in [5.41, 5.74) is -0.306. The molecular weight excluding hydrogens is 677 g/mol. The molecule has 0 aromatic heterocycles. The molecule has 61 heavy (non-hydrogen) atoms. The van der Waals surface area contributed by atoms with E-state index in [-0.39, 0.29) is 22.8 Å². The van der Waals surface area contributed by atoms with Gasteiger partial charge in [0.25, 0.3) is 0 Å². The Hall–Kier alpha value is 2.52. The molecule has 0 N–H and O–H groups in total. The molecule has 1 aliphatic rings. The second-order valence-corrected chi connectivity index (χ2v) is 16.6. The van der Waals surface area contributed by atoms with Crippen LogP contribution in [-0.4, -0.2) is 376 Å². The summed E-state index contributed by atoms with van der Waals surface area (Å²) < 4.78 is 13.7. The van der Waals surface area contributed by atoms with E-state index in [2.05, 4.69) is 0 Å². The van der Waals surface area contributed by atoms with Gasteiger partial charge in [-0.05, 0) is 13.8 Å². The molecule has 201 valence electrons. The van der Waals surface area contributed by atoms with Crippen molar-refractivity contribution in [3.63, 3.8) is 0 Å². The van der Waals surface area contributed by atoms with Gasteiger partial charge in [-0.2, -0.15) is 0 Å². The molecule has 1 rings (SSSR count). The van der Waals surface area contributed by atoms with Crippen molar-refractivity contribution in [2.45, 2.75) is 13.8 Å². The van der Waals surface area contributed by atoms with E-state index < -0.39 is 160 Å². The number of rotatable bonds is 26. The molecule has 0 fully saturated rings. The van der Waals surface area contributed by atoms with E-state index in [1.807, 2.05) is 0 Å². The number of hydrogen-bond acceptors (Lipinski definition) is 2. The van der Waals surface area contributed by atoms with Crippen molar-refractivity contribution >= 4 is 376 Å². The van der Waals surface area contributed by atoms with Crippen LogP contribution < -0.4 is 0 Å². The van der Waals surface area contributed by atoms with Gasteiger partial charge in [0.05, 0.1) is 11.3 Å². The second kappa shape index (κ2) is 27.6. The van der Waals surface area contributed by atoms with E-state index in [0.717, 1.165) is 0 Å². The Morgan fingerprint density at radius 2 is 0.475 bits per heavy atom. The Kier molecular flexibility index (Phi) is 27.9. The molecule has 2 nitrogen and oxygen atoms in total. The van der Waals surface area contributed by atoms with Crippen molar-refractivity contribution < 1.29 is 9.47 Å². The predicted octanol–water partition coefficient (Wildman–Crippen LogP) is -18.7. The van der Waals surface area contributed by atoms with Gasteiger partial charge in [-0.1, -0.05) is 0 Å². The summed E-state index contributed by atoms with van der Waals surface area (Å²) in [7, 11) is 177. The van der Waals surface area contributed by atoms with Crippen LogP contribution in [0, 0.1) is 0 Å². The lowest BCUT2D eigenvalue weighted by Crippen LogP contribution is -2.86. The first-order chi connectivity index (χ1) is 27.9. The summed E-state index contributed by atoms with van der Waals surface area (Å²) in [5.74, 6) is 0.338. The molecule has 0 aliphatic carbocycles. The first-order valence-corrected chi connectivity index (χ1v) is 19.9. The van der Waals surface area contributed by atoms with Gasteiger partial charge in [0.1, 0.15) is 24.5 Å². The molecule has 0 aromatic carbocycles. The third-order valence-electron chi connectivity index (χ3n) is 12.2. The van der Waals surface area contributed by atoms with E-state index in [0.29, 0.717) is 0 Å². The summed E-state index contributed by atoms with van der Waals surface area (Å²) >= 11 is 0. The van der Waals surface area contributed by atoms with E-state index in [9.17, 15) is 0 Å². The molecule has 0 saturated carbocycles. The quantitative estimate of drug-likeness (QED) is 0.0846. The first-order valence-electron chi connectivity index (χ1n) is 19.9.